The molecule has 2 atom stereocenters. The van der Waals surface area contributed by atoms with Gasteiger partial charge < -0.3 is 5.11 Å². The predicted octanol–water partition coefficient (Wildman–Crippen LogP) is 5.66. The van der Waals surface area contributed by atoms with Crippen LogP contribution in [0.4, 0.5) is 28.7 Å². The zero-order valence-electron chi connectivity index (χ0n) is 17.1. The smallest absolute Gasteiger partial charge is 0.417 e. The van der Waals surface area contributed by atoms with Crippen LogP contribution in [0.5, 0.6) is 0 Å². The number of benzene rings is 1. The molecule has 2 aliphatic rings. The first-order valence-electron chi connectivity index (χ1n) is 10.3. The first kappa shape index (κ1) is 22.1. The first-order valence-corrected chi connectivity index (χ1v) is 11.1. The van der Waals surface area contributed by atoms with E-state index < -0.39 is 29.3 Å². The molecule has 0 unspecified atom stereocenters. The summed E-state index contributed by atoms with van der Waals surface area (Å²) < 4.78 is 40.6. The van der Waals surface area contributed by atoms with E-state index in [1.54, 1.807) is 17.0 Å². The van der Waals surface area contributed by atoms with E-state index in [0.717, 1.165) is 36.3 Å². The van der Waals surface area contributed by atoms with Crippen LogP contribution in [0.15, 0.2) is 24.3 Å². The van der Waals surface area contributed by atoms with Gasteiger partial charge in [0.15, 0.2) is 0 Å². The molecule has 2 fully saturated rings. The van der Waals surface area contributed by atoms with E-state index in [9.17, 15) is 27.9 Å². The molecule has 1 saturated heterocycles. The Morgan fingerprint density at radius 2 is 1.88 bits per heavy atom. The molecular weight excluding hydrogens is 443 g/mol. The lowest BCUT2D eigenvalue weighted by atomic mass is 9.90. The number of alkyl halides is 3. The minimum Gasteiger partial charge on any atom is -0.477 e. The zero-order valence-corrected chi connectivity index (χ0v) is 18.0. The van der Waals surface area contributed by atoms with Gasteiger partial charge in [-0.1, -0.05) is 19.8 Å². The molecule has 2 amide bonds. The van der Waals surface area contributed by atoms with Crippen LogP contribution >= 0.6 is 11.3 Å². The molecular formula is C22H20F3N3O3S. The van der Waals surface area contributed by atoms with Crippen LogP contribution in [-0.2, 0) is 12.6 Å². The summed E-state index contributed by atoms with van der Waals surface area (Å²) in [7, 11) is 0. The molecule has 2 heterocycles. The predicted molar refractivity (Wildman–Crippen MR) is 113 cm³/mol. The maximum atomic E-state index is 13.5. The van der Waals surface area contributed by atoms with Gasteiger partial charge in [-0.3, -0.25) is 9.80 Å². The largest absolute Gasteiger partial charge is 0.477 e. The van der Waals surface area contributed by atoms with Gasteiger partial charge in [-0.05, 0) is 49.1 Å². The second-order valence-electron chi connectivity index (χ2n) is 7.88. The summed E-state index contributed by atoms with van der Waals surface area (Å²) in [6.07, 6.45) is -1.22. The molecule has 32 heavy (non-hydrogen) atoms. The summed E-state index contributed by atoms with van der Waals surface area (Å²) in [5.74, 6) is -1.07. The van der Waals surface area contributed by atoms with E-state index in [4.69, 9.17) is 5.26 Å². The average Bonchev–Trinajstić information content (AvgIpc) is 3.30. The Kier molecular flexibility index (Phi) is 5.63. The van der Waals surface area contributed by atoms with Gasteiger partial charge in [-0.15, -0.1) is 11.3 Å². The lowest BCUT2D eigenvalue weighted by molar-refractivity contribution is -0.137. The van der Waals surface area contributed by atoms with Crippen molar-refractivity contribution >= 4 is 34.0 Å². The number of aryl methyl sites for hydroxylation is 1. The fourth-order valence-electron chi connectivity index (χ4n) is 4.64. The molecule has 1 aliphatic heterocycles. The number of thiophene rings is 1. The molecule has 0 spiro atoms. The minimum absolute atomic E-state index is 0.0893. The Balaban J connectivity index is 1.80. The fourth-order valence-corrected chi connectivity index (χ4v) is 5.79. The van der Waals surface area contributed by atoms with Gasteiger partial charge in [0.2, 0.25) is 0 Å². The number of rotatable bonds is 4. The van der Waals surface area contributed by atoms with Gasteiger partial charge in [0, 0.05) is 5.69 Å². The van der Waals surface area contributed by atoms with Crippen LogP contribution in [0.3, 0.4) is 0 Å². The summed E-state index contributed by atoms with van der Waals surface area (Å²) in [5.41, 5.74) is -0.865. The minimum atomic E-state index is -4.73. The van der Waals surface area contributed by atoms with Crippen molar-refractivity contribution in [2.24, 2.45) is 0 Å². The molecule has 2 aromatic rings. The monoisotopic (exact) mass is 463 g/mol. The molecule has 6 nitrogen and oxygen atoms in total. The van der Waals surface area contributed by atoms with Gasteiger partial charge >= 0.3 is 18.2 Å². The Bertz CT molecular complexity index is 1120. The maximum Gasteiger partial charge on any atom is 0.417 e. The van der Waals surface area contributed by atoms with Gasteiger partial charge in [0.25, 0.3) is 0 Å². The Morgan fingerprint density at radius 1 is 1.22 bits per heavy atom. The topological polar surface area (TPSA) is 84.6 Å². The van der Waals surface area contributed by atoms with Crippen molar-refractivity contribution in [3.63, 3.8) is 0 Å². The van der Waals surface area contributed by atoms with E-state index in [1.165, 1.54) is 11.0 Å². The highest BCUT2D eigenvalue weighted by Gasteiger charge is 2.49. The number of hydrogen-bond acceptors (Lipinski definition) is 4. The van der Waals surface area contributed by atoms with Crippen molar-refractivity contribution in [1.29, 1.82) is 5.26 Å². The van der Waals surface area contributed by atoms with Crippen molar-refractivity contribution < 1.29 is 27.9 Å². The first-order chi connectivity index (χ1) is 15.2. The highest BCUT2D eigenvalue weighted by molar-refractivity contribution is 7.18. The molecule has 4 rings (SSSR count). The van der Waals surface area contributed by atoms with Crippen LogP contribution in [-0.4, -0.2) is 29.2 Å². The molecule has 0 bridgehead atoms. The number of amides is 2. The van der Waals surface area contributed by atoms with Crippen LogP contribution in [0, 0.1) is 11.3 Å². The van der Waals surface area contributed by atoms with Crippen molar-refractivity contribution in [3.05, 3.63) is 45.8 Å². The van der Waals surface area contributed by atoms with E-state index in [2.05, 4.69) is 0 Å². The molecule has 1 aromatic carbocycles. The van der Waals surface area contributed by atoms with Crippen LogP contribution in [0.2, 0.25) is 0 Å². The van der Waals surface area contributed by atoms with Crippen molar-refractivity contribution in [2.75, 3.05) is 9.80 Å². The number of hydrogen-bond donors (Lipinski definition) is 1. The number of nitriles is 1. The molecule has 10 heteroatoms. The number of carbonyl (C=O) groups is 2. The molecule has 1 N–H and O–H groups in total. The van der Waals surface area contributed by atoms with Crippen LogP contribution in [0.1, 0.15) is 59.0 Å². The number of carboxylic acid groups (broad SMARTS) is 1. The molecule has 0 radical (unpaired) electrons. The van der Waals surface area contributed by atoms with Gasteiger partial charge in [0.1, 0.15) is 9.88 Å². The van der Waals surface area contributed by atoms with E-state index in [-0.39, 0.29) is 22.6 Å². The normalized spacial score (nSPS) is 20.9. The second-order valence-corrected chi connectivity index (χ2v) is 8.91. The van der Waals surface area contributed by atoms with Crippen molar-refractivity contribution in [3.8, 4) is 6.07 Å². The third-order valence-corrected chi connectivity index (χ3v) is 7.25. The standard InChI is InChI=1S/C22H20F3N3O3S/c1-2-12-9-18(32-19(12)20(29)30)28-17-6-4-3-5-16(17)27(21(28)31)14-8-7-13(11-26)15(10-14)22(23,24)25/h7-10,16-17H,2-6H2,1H3,(H,29,30)/t16-,17-/m0/s1. The average molecular weight is 463 g/mol. The number of carbonyl (C=O) groups excluding carboxylic acids is 1. The number of anilines is 2. The number of nitrogens with zero attached hydrogens (tertiary/aromatic N) is 3. The van der Waals surface area contributed by atoms with E-state index in [0.29, 0.717) is 29.8 Å². The number of carboxylic acids is 1. The Labute approximate surface area is 186 Å². The third-order valence-electron chi connectivity index (χ3n) is 6.09. The number of fused-ring (bicyclic) bond motifs is 1. The highest BCUT2D eigenvalue weighted by atomic mass is 32.1. The highest BCUT2D eigenvalue weighted by Crippen LogP contribution is 2.44. The molecule has 1 aromatic heterocycles. The van der Waals surface area contributed by atoms with Gasteiger partial charge in [-0.2, -0.15) is 18.4 Å². The number of halogens is 3. The second kappa shape index (κ2) is 8.13. The number of urea groups is 1. The van der Waals surface area contributed by atoms with Gasteiger partial charge in [0.05, 0.1) is 29.3 Å². The lowest BCUT2D eigenvalue weighted by Gasteiger charge is -2.31. The third kappa shape index (κ3) is 3.60. The van der Waals surface area contributed by atoms with Gasteiger partial charge in [-0.25, -0.2) is 9.59 Å². The summed E-state index contributed by atoms with van der Waals surface area (Å²) in [6.45, 7) is 1.83. The summed E-state index contributed by atoms with van der Waals surface area (Å²) in [4.78, 5) is 28.2. The SMILES string of the molecule is CCc1cc(N2C(=O)N(c3ccc(C#N)c(C(F)(F)F)c3)[C@H]3CCCC[C@@H]32)sc1C(=O)O. The van der Waals surface area contributed by atoms with E-state index >= 15 is 0 Å². The summed E-state index contributed by atoms with van der Waals surface area (Å²) in [5, 5.41) is 19.1. The van der Waals surface area contributed by atoms with Crippen molar-refractivity contribution in [2.45, 2.75) is 57.3 Å². The summed E-state index contributed by atoms with van der Waals surface area (Å²) >= 11 is 1.02. The quantitative estimate of drug-likeness (QED) is 0.634. The fraction of sp³-hybridized carbons (Fsp3) is 0.409. The van der Waals surface area contributed by atoms with Crippen LogP contribution < -0.4 is 9.80 Å². The Hall–Kier alpha value is -3.06. The molecule has 168 valence electrons. The molecule has 1 aliphatic carbocycles. The van der Waals surface area contributed by atoms with Crippen molar-refractivity contribution in [1.82, 2.24) is 0 Å². The maximum absolute atomic E-state index is 13.5. The Morgan fingerprint density at radius 3 is 2.41 bits per heavy atom. The lowest BCUT2D eigenvalue weighted by Crippen LogP contribution is -2.40. The van der Waals surface area contributed by atoms with E-state index in [1.807, 2.05) is 6.92 Å². The molecule has 1 saturated carbocycles. The zero-order chi connectivity index (χ0) is 23.2. The van der Waals surface area contributed by atoms with Crippen LogP contribution in [0.25, 0.3) is 0 Å². The number of aromatic carboxylic acids is 1. The summed E-state index contributed by atoms with van der Waals surface area (Å²) in [6, 6.07) is 5.52.